The number of nitrogen functional groups attached to an aromatic ring is 1. The van der Waals surface area contributed by atoms with Crippen molar-refractivity contribution in [2.75, 3.05) is 17.7 Å². The number of nitrogens with zero attached hydrogens (tertiary/aromatic N) is 3. The van der Waals surface area contributed by atoms with Gasteiger partial charge in [0.25, 0.3) is 0 Å². The minimum Gasteiger partial charge on any atom is -0.492 e. The Morgan fingerprint density at radius 2 is 1.97 bits per heavy atom. The van der Waals surface area contributed by atoms with Crippen LogP contribution in [0.3, 0.4) is 0 Å². The molecule has 3 rings (SSSR count). The third kappa shape index (κ3) is 4.69. The zero-order valence-electron chi connectivity index (χ0n) is 17.6. The minimum absolute atomic E-state index is 0.0302. The number of nitriles is 2. The highest BCUT2D eigenvalue weighted by Crippen LogP contribution is 2.38. The Hall–Kier alpha value is -3.95. The highest BCUT2D eigenvalue weighted by atomic mass is 32.2. The molecule has 3 N–H and O–H groups in total. The topological polar surface area (TPSA) is 138 Å². The van der Waals surface area contributed by atoms with Crippen LogP contribution < -0.4 is 15.8 Å². The smallest absolute Gasteiger partial charge is 0.238 e. The van der Waals surface area contributed by atoms with E-state index in [1.54, 1.807) is 30.3 Å². The van der Waals surface area contributed by atoms with Crippen LogP contribution in [0.15, 0.2) is 52.1 Å². The van der Waals surface area contributed by atoms with E-state index in [0.29, 0.717) is 30.2 Å². The molecule has 0 radical (unpaired) electrons. The summed E-state index contributed by atoms with van der Waals surface area (Å²) in [5.74, 6) is 0.606. The van der Waals surface area contributed by atoms with E-state index >= 15 is 0 Å². The number of rotatable bonds is 8. The van der Waals surface area contributed by atoms with Crippen molar-refractivity contribution in [3.63, 3.8) is 0 Å². The highest BCUT2D eigenvalue weighted by molar-refractivity contribution is 8.00. The fraction of sp³-hybridized carbons (Fsp3) is 0.217. The number of hydrogen-bond acceptors (Lipinski definition) is 8. The monoisotopic (exact) mass is 447 g/mol. The second-order valence-corrected chi connectivity index (χ2v) is 7.75. The first-order valence-corrected chi connectivity index (χ1v) is 10.8. The van der Waals surface area contributed by atoms with Crippen molar-refractivity contribution in [2.45, 2.75) is 30.5 Å². The standard InChI is InChI=1S/C23H21N5O3S/c1-3-19(22(29)27-16-8-5-6-9-17(16)30-4-2)32-23-15(13-25)20(18-10-7-11-31-18)14(12-24)21(26)28-23/h5-11,19H,3-4H2,1-2H3,(H2,26,28)(H,27,29). The maximum absolute atomic E-state index is 13.0. The fourth-order valence-corrected chi connectivity index (χ4v) is 4.09. The molecular weight excluding hydrogens is 426 g/mol. The molecule has 0 saturated carbocycles. The third-order valence-electron chi connectivity index (χ3n) is 4.55. The van der Waals surface area contributed by atoms with Gasteiger partial charge in [0, 0.05) is 0 Å². The van der Waals surface area contributed by atoms with Gasteiger partial charge in [0.15, 0.2) is 0 Å². The molecule has 0 aliphatic rings. The van der Waals surface area contributed by atoms with Crippen molar-refractivity contribution in [3.05, 3.63) is 53.8 Å². The van der Waals surface area contributed by atoms with Crippen LogP contribution >= 0.6 is 11.8 Å². The molecule has 8 nitrogen and oxygen atoms in total. The number of aromatic nitrogens is 1. The summed E-state index contributed by atoms with van der Waals surface area (Å²) in [7, 11) is 0. The van der Waals surface area contributed by atoms with E-state index < -0.39 is 5.25 Å². The lowest BCUT2D eigenvalue weighted by atomic mass is 10.0. The Bertz CT molecular complexity index is 1200. The highest BCUT2D eigenvalue weighted by Gasteiger charge is 2.26. The van der Waals surface area contributed by atoms with E-state index in [-0.39, 0.29) is 33.4 Å². The van der Waals surface area contributed by atoms with Gasteiger partial charge in [-0.2, -0.15) is 10.5 Å². The molecule has 1 unspecified atom stereocenters. The maximum atomic E-state index is 13.0. The zero-order chi connectivity index (χ0) is 23.1. The van der Waals surface area contributed by atoms with Crippen molar-refractivity contribution < 1.29 is 13.9 Å². The third-order valence-corrected chi connectivity index (χ3v) is 5.90. The number of thioether (sulfide) groups is 1. The van der Waals surface area contributed by atoms with Gasteiger partial charge in [-0.1, -0.05) is 30.8 Å². The lowest BCUT2D eigenvalue weighted by Crippen LogP contribution is -2.25. The number of nitrogens with two attached hydrogens (primary N) is 1. The summed E-state index contributed by atoms with van der Waals surface area (Å²) in [4.78, 5) is 17.3. The number of carbonyl (C=O) groups excluding carboxylic acids is 1. The van der Waals surface area contributed by atoms with Crippen LogP contribution in [-0.2, 0) is 4.79 Å². The predicted octanol–water partition coefficient (Wildman–Crippen LogP) is 4.58. The number of ether oxygens (including phenoxy) is 1. The first-order chi connectivity index (χ1) is 15.5. The van der Waals surface area contributed by atoms with E-state index in [1.807, 2.05) is 26.0 Å². The summed E-state index contributed by atoms with van der Waals surface area (Å²) in [6, 6.07) is 14.5. The quantitative estimate of drug-likeness (QED) is 0.479. The average molecular weight is 448 g/mol. The van der Waals surface area contributed by atoms with Crippen molar-refractivity contribution >= 4 is 29.2 Å². The van der Waals surface area contributed by atoms with Gasteiger partial charge in [-0.25, -0.2) is 4.98 Å². The summed E-state index contributed by atoms with van der Waals surface area (Å²) in [6.45, 7) is 4.19. The van der Waals surface area contributed by atoms with Gasteiger partial charge >= 0.3 is 0 Å². The molecule has 162 valence electrons. The zero-order valence-corrected chi connectivity index (χ0v) is 18.4. The molecule has 1 aromatic carbocycles. The van der Waals surface area contributed by atoms with E-state index in [4.69, 9.17) is 14.9 Å². The second kappa shape index (κ2) is 10.4. The maximum Gasteiger partial charge on any atom is 0.238 e. The van der Waals surface area contributed by atoms with Crippen LogP contribution in [0.25, 0.3) is 11.3 Å². The molecule has 1 amide bonds. The average Bonchev–Trinajstić information content (AvgIpc) is 3.33. The molecular formula is C23H21N5O3S. The Morgan fingerprint density at radius 3 is 2.59 bits per heavy atom. The molecule has 0 saturated heterocycles. The van der Waals surface area contributed by atoms with Gasteiger partial charge in [-0.3, -0.25) is 4.79 Å². The molecule has 0 spiro atoms. The van der Waals surface area contributed by atoms with Gasteiger partial charge in [-0.05, 0) is 37.6 Å². The molecule has 2 aromatic heterocycles. The first-order valence-electron chi connectivity index (χ1n) is 9.90. The number of pyridine rings is 1. The van der Waals surface area contributed by atoms with Gasteiger partial charge in [0.05, 0.1) is 34.9 Å². The Balaban J connectivity index is 1.96. The normalized spacial score (nSPS) is 11.2. The second-order valence-electron chi connectivity index (χ2n) is 6.56. The van der Waals surface area contributed by atoms with Crippen LogP contribution in [0.2, 0.25) is 0 Å². The van der Waals surface area contributed by atoms with Crippen LogP contribution in [0.5, 0.6) is 5.75 Å². The van der Waals surface area contributed by atoms with Crippen LogP contribution in [-0.4, -0.2) is 22.7 Å². The van der Waals surface area contributed by atoms with E-state index in [1.165, 1.54) is 6.26 Å². The fourth-order valence-electron chi connectivity index (χ4n) is 3.07. The molecule has 3 aromatic rings. The summed E-state index contributed by atoms with van der Waals surface area (Å²) >= 11 is 1.11. The van der Waals surface area contributed by atoms with Crippen LogP contribution in [0, 0.1) is 22.7 Å². The van der Waals surface area contributed by atoms with Crippen molar-refractivity contribution in [1.82, 2.24) is 4.98 Å². The Labute approximate surface area is 190 Å². The predicted molar refractivity (Wildman–Crippen MR) is 122 cm³/mol. The van der Waals surface area contributed by atoms with Crippen molar-refractivity contribution in [1.29, 1.82) is 10.5 Å². The van der Waals surface area contributed by atoms with Crippen LogP contribution in [0.1, 0.15) is 31.4 Å². The van der Waals surface area contributed by atoms with Gasteiger partial charge < -0.3 is 20.2 Å². The minimum atomic E-state index is -0.568. The summed E-state index contributed by atoms with van der Waals surface area (Å²) in [6.07, 6.45) is 1.91. The molecule has 0 aliphatic carbocycles. The number of amides is 1. The van der Waals surface area contributed by atoms with E-state index in [9.17, 15) is 15.3 Å². The van der Waals surface area contributed by atoms with Gasteiger partial charge in [0.1, 0.15) is 40.1 Å². The van der Waals surface area contributed by atoms with Crippen molar-refractivity contribution in [2.24, 2.45) is 0 Å². The molecule has 0 bridgehead atoms. The molecule has 0 fully saturated rings. The lowest BCUT2D eigenvalue weighted by molar-refractivity contribution is -0.115. The molecule has 0 aliphatic heterocycles. The largest absolute Gasteiger partial charge is 0.492 e. The summed E-state index contributed by atoms with van der Waals surface area (Å²) in [5.41, 5.74) is 7.04. The number of para-hydroxylation sites is 2. The Kier molecular flexibility index (Phi) is 7.37. The summed E-state index contributed by atoms with van der Waals surface area (Å²) in [5, 5.41) is 22.0. The lowest BCUT2D eigenvalue weighted by Gasteiger charge is -2.18. The number of hydrogen-bond donors (Lipinski definition) is 2. The number of anilines is 2. The van der Waals surface area contributed by atoms with Gasteiger partial charge in [-0.15, -0.1) is 0 Å². The van der Waals surface area contributed by atoms with Crippen LogP contribution in [0.4, 0.5) is 11.5 Å². The number of furan rings is 1. The van der Waals surface area contributed by atoms with Crippen molar-refractivity contribution in [3.8, 4) is 29.2 Å². The van der Waals surface area contributed by atoms with E-state index in [0.717, 1.165) is 11.8 Å². The molecule has 1 atom stereocenters. The number of carbonyl (C=O) groups is 1. The van der Waals surface area contributed by atoms with Gasteiger partial charge in [0.2, 0.25) is 5.91 Å². The SMILES string of the molecule is CCOc1ccccc1NC(=O)C(CC)Sc1nc(N)c(C#N)c(-c2ccco2)c1C#N. The molecule has 2 heterocycles. The number of benzene rings is 1. The first kappa shape index (κ1) is 22.7. The summed E-state index contributed by atoms with van der Waals surface area (Å²) < 4.78 is 11.0. The molecule has 9 heteroatoms. The number of nitrogens with one attached hydrogen (secondary N) is 1. The van der Waals surface area contributed by atoms with E-state index in [2.05, 4.69) is 16.4 Å². The Morgan fingerprint density at radius 1 is 1.22 bits per heavy atom. The molecule has 32 heavy (non-hydrogen) atoms.